The molecule has 2 amide bonds. The van der Waals surface area contributed by atoms with Crippen LogP contribution in [-0.4, -0.2) is 46.7 Å². The van der Waals surface area contributed by atoms with Gasteiger partial charge in [-0.3, -0.25) is 14.4 Å². The molecule has 3 heterocycles. The van der Waals surface area contributed by atoms with Crippen LogP contribution < -0.4 is 21.3 Å². The van der Waals surface area contributed by atoms with Crippen LogP contribution in [0.25, 0.3) is 0 Å². The second-order valence-corrected chi connectivity index (χ2v) is 10.5. The molecule has 1 unspecified atom stereocenters. The molecular formula is C28H35N5O3. The first-order valence-corrected chi connectivity index (χ1v) is 13.2. The second kappa shape index (κ2) is 10.3. The Morgan fingerprint density at radius 2 is 1.61 bits per heavy atom. The first-order chi connectivity index (χ1) is 17.4. The molecule has 3 aliphatic rings. The second-order valence-electron chi connectivity index (χ2n) is 10.5. The summed E-state index contributed by atoms with van der Waals surface area (Å²) in [5.41, 5.74) is 7.84. The summed E-state index contributed by atoms with van der Waals surface area (Å²) in [7, 11) is 0. The summed E-state index contributed by atoms with van der Waals surface area (Å²) >= 11 is 0. The molecule has 1 aromatic heterocycles. The Kier molecular flexibility index (Phi) is 6.94. The average molecular weight is 490 g/mol. The largest absolute Gasteiger partial charge is 0.382 e. The third-order valence-corrected chi connectivity index (χ3v) is 8.00. The van der Waals surface area contributed by atoms with Crippen molar-refractivity contribution in [2.75, 3.05) is 10.2 Å². The number of Topliss-reactive ketones (excluding diaryl/α,β-unsaturated/α-hetero) is 1. The lowest BCUT2D eigenvalue weighted by Crippen LogP contribution is -2.50. The van der Waals surface area contributed by atoms with Gasteiger partial charge in [-0.15, -0.1) is 0 Å². The van der Waals surface area contributed by atoms with E-state index >= 15 is 0 Å². The van der Waals surface area contributed by atoms with E-state index in [-0.39, 0.29) is 17.7 Å². The smallest absolute Gasteiger partial charge is 0.251 e. The van der Waals surface area contributed by atoms with E-state index in [4.69, 9.17) is 5.73 Å². The minimum absolute atomic E-state index is 0.0133. The number of rotatable bonds is 7. The highest BCUT2D eigenvalue weighted by atomic mass is 16.2. The number of nitrogens with two attached hydrogens (primary N) is 1. The van der Waals surface area contributed by atoms with Crippen LogP contribution in [0.15, 0.2) is 36.5 Å². The standard InChI is InChI=1S/C28H35N5O3/c1-17(34)19-8-12-26(30-16-19)33-22-9-10-23(33)15-21(14-22)32-28(36)18-7-11-24(27(29)35)25(13-18)31-20-5-3-2-4-6-20/h7-8,11-13,16,20-23,31H,2-6,9-10,14-15H2,1H3,(H2,29,35)(H,32,36)/t21?,22-,23+. The summed E-state index contributed by atoms with van der Waals surface area (Å²) in [6, 6.07) is 9.89. The van der Waals surface area contributed by atoms with Crippen molar-refractivity contribution in [3.8, 4) is 0 Å². The molecule has 5 rings (SSSR count). The zero-order chi connectivity index (χ0) is 25.2. The molecule has 36 heavy (non-hydrogen) atoms. The van der Waals surface area contributed by atoms with Crippen molar-refractivity contribution in [1.82, 2.24) is 10.3 Å². The summed E-state index contributed by atoms with van der Waals surface area (Å²) in [5.74, 6) is 0.297. The number of carbonyl (C=O) groups is 3. The molecule has 1 aromatic carbocycles. The van der Waals surface area contributed by atoms with E-state index in [0.29, 0.717) is 40.5 Å². The number of piperidine rings is 1. The van der Waals surface area contributed by atoms with Crippen LogP contribution in [0.5, 0.6) is 0 Å². The van der Waals surface area contributed by atoms with Gasteiger partial charge in [0.25, 0.3) is 11.8 Å². The lowest BCUT2D eigenvalue weighted by atomic mass is 9.94. The van der Waals surface area contributed by atoms with Crippen molar-refractivity contribution in [3.05, 3.63) is 53.2 Å². The zero-order valence-electron chi connectivity index (χ0n) is 20.8. The van der Waals surface area contributed by atoms with E-state index in [1.807, 2.05) is 12.1 Å². The molecule has 4 N–H and O–H groups in total. The van der Waals surface area contributed by atoms with Gasteiger partial charge in [0, 0.05) is 47.2 Å². The predicted molar refractivity (Wildman–Crippen MR) is 139 cm³/mol. The molecule has 2 bridgehead atoms. The number of carbonyl (C=O) groups excluding carboxylic acids is 3. The fourth-order valence-corrected chi connectivity index (χ4v) is 6.17. The van der Waals surface area contributed by atoms with E-state index < -0.39 is 5.91 Å². The molecule has 8 nitrogen and oxygen atoms in total. The van der Waals surface area contributed by atoms with Gasteiger partial charge in [0.15, 0.2) is 5.78 Å². The van der Waals surface area contributed by atoms with Crippen molar-refractivity contribution in [1.29, 1.82) is 0 Å². The molecule has 190 valence electrons. The van der Waals surface area contributed by atoms with Gasteiger partial charge in [0.2, 0.25) is 0 Å². The van der Waals surface area contributed by atoms with Gasteiger partial charge >= 0.3 is 0 Å². The van der Waals surface area contributed by atoms with Gasteiger partial charge in [0.05, 0.1) is 5.56 Å². The minimum Gasteiger partial charge on any atom is -0.382 e. The number of anilines is 2. The maximum absolute atomic E-state index is 13.2. The van der Waals surface area contributed by atoms with Gasteiger partial charge in [-0.25, -0.2) is 4.98 Å². The fraction of sp³-hybridized carbons (Fsp3) is 0.500. The topological polar surface area (TPSA) is 117 Å². The van der Waals surface area contributed by atoms with E-state index in [2.05, 4.69) is 20.5 Å². The molecule has 1 saturated carbocycles. The third-order valence-electron chi connectivity index (χ3n) is 8.00. The van der Waals surface area contributed by atoms with E-state index in [9.17, 15) is 14.4 Å². The lowest BCUT2D eigenvalue weighted by Gasteiger charge is -2.40. The number of fused-ring (bicyclic) bond motifs is 2. The number of hydrogen-bond acceptors (Lipinski definition) is 6. The Labute approximate surface area is 212 Å². The number of amides is 2. The van der Waals surface area contributed by atoms with Crippen LogP contribution in [-0.2, 0) is 0 Å². The van der Waals surface area contributed by atoms with Crippen molar-refractivity contribution < 1.29 is 14.4 Å². The van der Waals surface area contributed by atoms with Crippen molar-refractivity contribution in [3.63, 3.8) is 0 Å². The molecule has 3 atom stereocenters. The summed E-state index contributed by atoms with van der Waals surface area (Å²) in [5, 5.41) is 6.71. The summed E-state index contributed by atoms with van der Waals surface area (Å²) in [6.07, 6.45) is 11.2. The van der Waals surface area contributed by atoms with Crippen LogP contribution in [0.2, 0.25) is 0 Å². The molecule has 2 aromatic rings. The Morgan fingerprint density at radius 3 is 2.22 bits per heavy atom. The SMILES string of the molecule is CC(=O)c1ccc(N2[C@@H]3CC[C@H]2CC(NC(=O)c2ccc(C(N)=O)c(NC4CCCCC4)c2)C3)nc1. The molecular weight excluding hydrogens is 454 g/mol. The Balaban J connectivity index is 1.26. The highest BCUT2D eigenvalue weighted by Crippen LogP contribution is 2.38. The monoisotopic (exact) mass is 489 g/mol. The Morgan fingerprint density at radius 1 is 0.917 bits per heavy atom. The normalized spacial score (nSPS) is 23.8. The van der Waals surface area contributed by atoms with Crippen molar-refractivity contribution >= 4 is 29.1 Å². The molecule has 1 aliphatic carbocycles. The van der Waals surface area contributed by atoms with E-state index in [1.54, 1.807) is 31.3 Å². The Bertz CT molecular complexity index is 1130. The number of pyridine rings is 1. The number of benzene rings is 1. The number of nitrogens with one attached hydrogen (secondary N) is 2. The van der Waals surface area contributed by atoms with Crippen LogP contribution in [0.4, 0.5) is 11.5 Å². The van der Waals surface area contributed by atoms with Crippen LogP contribution in [0.1, 0.15) is 95.8 Å². The van der Waals surface area contributed by atoms with E-state index in [0.717, 1.165) is 44.3 Å². The quantitative estimate of drug-likeness (QED) is 0.505. The molecule has 8 heteroatoms. The third kappa shape index (κ3) is 5.08. The summed E-state index contributed by atoms with van der Waals surface area (Å²) in [6.45, 7) is 1.55. The van der Waals surface area contributed by atoms with Gasteiger partial charge in [-0.2, -0.15) is 0 Å². The Hall–Kier alpha value is -3.42. The molecule has 0 radical (unpaired) electrons. The van der Waals surface area contributed by atoms with Gasteiger partial charge in [-0.05, 0) is 75.8 Å². The van der Waals surface area contributed by atoms with Crippen LogP contribution >= 0.6 is 0 Å². The minimum atomic E-state index is -0.492. The van der Waals surface area contributed by atoms with Crippen LogP contribution in [0.3, 0.4) is 0 Å². The van der Waals surface area contributed by atoms with Gasteiger partial charge in [-0.1, -0.05) is 19.3 Å². The predicted octanol–water partition coefficient (Wildman–Crippen LogP) is 4.06. The number of nitrogens with zero attached hydrogens (tertiary/aromatic N) is 2. The van der Waals surface area contributed by atoms with Crippen molar-refractivity contribution in [2.24, 2.45) is 5.73 Å². The molecule has 2 saturated heterocycles. The summed E-state index contributed by atoms with van der Waals surface area (Å²) in [4.78, 5) is 43.7. The molecule has 0 spiro atoms. The molecule has 3 fully saturated rings. The van der Waals surface area contributed by atoms with Gasteiger partial charge < -0.3 is 21.3 Å². The van der Waals surface area contributed by atoms with Crippen LogP contribution in [0, 0.1) is 0 Å². The first-order valence-electron chi connectivity index (χ1n) is 13.2. The number of aromatic nitrogens is 1. The highest BCUT2D eigenvalue weighted by Gasteiger charge is 2.41. The summed E-state index contributed by atoms with van der Waals surface area (Å²) < 4.78 is 0. The first kappa shape index (κ1) is 24.3. The number of hydrogen-bond donors (Lipinski definition) is 3. The molecule has 2 aliphatic heterocycles. The highest BCUT2D eigenvalue weighted by molar-refractivity contribution is 6.02. The maximum Gasteiger partial charge on any atom is 0.251 e. The van der Waals surface area contributed by atoms with E-state index in [1.165, 1.54) is 19.3 Å². The number of ketones is 1. The van der Waals surface area contributed by atoms with Gasteiger partial charge in [0.1, 0.15) is 5.82 Å². The average Bonchev–Trinajstić information content (AvgIpc) is 3.14. The van der Waals surface area contributed by atoms with Crippen molar-refractivity contribution in [2.45, 2.75) is 88.9 Å². The maximum atomic E-state index is 13.2. The fourth-order valence-electron chi connectivity index (χ4n) is 6.17. The zero-order valence-corrected chi connectivity index (χ0v) is 20.8. The lowest BCUT2D eigenvalue weighted by molar-refractivity contribution is 0.0924. The number of primary amides is 1.